The number of amides is 2. The molecule has 1 rings (SSSR count). The summed E-state index contributed by atoms with van der Waals surface area (Å²) in [5, 5.41) is 11.8. The van der Waals surface area contributed by atoms with Crippen molar-refractivity contribution in [2.45, 2.75) is 59.4 Å². The van der Waals surface area contributed by atoms with Crippen molar-refractivity contribution in [3.8, 4) is 0 Å². The van der Waals surface area contributed by atoms with E-state index in [9.17, 15) is 9.59 Å². The maximum Gasteiger partial charge on any atom is 0.317 e. The number of likely N-dealkylation sites (tertiary alicyclic amines) is 1. The molecule has 1 atom stereocenters. The van der Waals surface area contributed by atoms with E-state index in [1.165, 1.54) is 0 Å². The molecule has 0 aromatic carbocycles. The van der Waals surface area contributed by atoms with E-state index < -0.39 is 5.97 Å². The Morgan fingerprint density at radius 2 is 1.90 bits per heavy atom. The summed E-state index contributed by atoms with van der Waals surface area (Å²) in [7, 11) is 0. The minimum atomic E-state index is -0.874. The fourth-order valence-electron chi connectivity index (χ4n) is 2.52. The number of urea groups is 1. The van der Waals surface area contributed by atoms with Crippen molar-refractivity contribution < 1.29 is 14.7 Å². The summed E-state index contributed by atoms with van der Waals surface area (Å²) in [6, 6.07) is -0.432. The summed E-state index contributed by atoms with van der Waals surface area (Å²) >= 11 is 0. The Morgan fingerprint density at radius 3 is 2.45 bits per heavy atom. The van der Waals surface area contributed by atoms with Crippen molar-refractivity contribution in [1.29, 1.82) is 0 Å². The molecule has 20 heavy (non-hydrogen) atoms. The lowest BCUT2D eigenvalue weighted by Gasteiger charge is -2.27. The average molecular weight is 284 g/mol. The van der Waals surface area contributed by atoms with Crippen LogP contribution in [0.25, 0.3) is 0 Å². The average Bonchev–Trinajstić information content (AvgIpc) is 2.48. The normalized spacial score (nSPS) is 20.4. The smallest absolute Gasteiger partial charge is 0.317 e. The van der Waals surface area contributed by atoms with Crippen molar-refractivity contribution in [3.05, 3.63) is 0 Å². The van der Waals surface area contributed by atoms with Crippen molar-refractivity contribution in [1.82, 2.24) is 10.2 Å². The quantitative estimate of drug-likeness (QED) is 0.834. The second-order valence-electron chi connectivity index (χ2n) is 6.90. The second-order valence-corrected chi connectivity index (χ2v) is 6.90. The standard InChI is InChI=1S/C15H28N2O3/c1-11(2)12(10-13(18)19)16-14(20)17-8-5-6-15(3,4)7-9-17/h11-12H,5-10H2,1-4H3,(H,16,20)(H,18,19). The number of carbonyl (C=O) groups is 2. The van der Waals surface area contributed by atoms with Crippen LogP contribution < -0.4 is 5.32 Å². The van der Waals surface area contributed by atoms with Crippen LogP contribution in [-0.4, -0.2) is 41.1 Å². The van der Waals surface area contributed by atoms with Crippen LogP contribution in [0.2, 0.25) is 0 Å². The Kier molecular flexibility index (Phi) is 5.84. The zero-order chi connectivity index (χ0) is 15.3. The minimum absolute atomic E-state index is 0.0251. The summed E-state index contributed by atoms with van der Waals surface area (Å²) in [6.07, 6.45) is 3.10. The van der Waals surface area contributed by atoms with E-state index in [1.807, 2.05) is 18.7 Å². The van der Waals surface area contributed by atoms with Gasteiger partial charge in [0.15, 0.2) is 0 Å². The number of carboxylic acid groups (broad SMARTS) is 1. The van der Waals surface area contributed by atoms with Gasteiger partial charge in [-0.25, -0.2) is 4.79 Å². The number of hydrogen-bond acceptors (Lipinski definition) is 2. The third kappa shape index (κ3) is 5.39. The molecule has 5 heteroatoms. The van der Waals surface area contributed by atoms with Gasteiger partial charge in [-0.1, -0.05) is 27.7 Å². The molecule has 0 bridgehead atoms. The Hall–Kier alpha value is -1.26. The van der Waals surface area contributed by atoms with Gasteiger partial charge in [-0.3, -0.25) is 4.79 Å². The van der Waals surface area contributed by atoms with E-state index in [4.69, 9.17) is 5.11 Å². The van der Waals surface area contributed by atoms with Crippen molar-refractivity contribution in [2.75, 3.05) is 13.1 Å². The summed E-state index contributed by atoms with van der Waals surface area (Å²) in [5.41, 5.74) is 0.285. The minimum Gasteiger partial charge on any atom is -0.481 e. The second kappa shape index (κ2) is 6.95. The first-order valence-corrected chi connectivity index (χ1v) is 7.48. The van der Waals surface area contributed by atoms with Gasteiger partial charge in [0, 0.05) is 19.1 Å². The zero-order valence-corrected chi connectivity index (χ0v) is 13.1. The fraction of sp³-hybridized carbons (Fsp3) is 0.867. The largest absolute Gasteiger partial charge is 0.481 e. The highest BCUT2D eigenvalue weighted by Gasteiger charge is 2.27. The molecular weight excluding hydrogens is 256 g/mol. The molecule has 0 aliphatic carbocycles. The van der Waals surface area contributed by atoms with Gasteiger partial charge in [0.1, 0.15) is 0 Å². The van der Waals surface area contributed by atoms with Crippen LogP contribution in [0, 0.1) is 11.3 Å². The molecule has 0 radical (unpaired) electrons. The third-order valence-corrected chi connectivity index (χ3v) is 4.14. The van der Waals surface area contributed by atoms with Crippen molar-refractivity contribution in [2.24, 2.45) is 11.3 Å². The number of nitrogens with zero attached hydrogens (tertiary/aromatic N) is 1. The Balaban J connectivity index is 2.58. The highest BCUT2D eigenvalue weighted by Crippen LogP contribution is 2.29. The Morgan fingerprint density at radius 1 is 1.25 bits per heavy atom. The van der Waals surface area contributed by atoms with Gasteiger partial charge in [0.25, 0.3) is 0 Å². The Labute approximate surface area is 121 Å². The fourth-order valence-corrected chi connectivity index (χ4v) is 2.52. The van der Waals surface area contributed by atoms with E-state index in [0.29, 0.717) is 0 Å². The number of carbonyl (C=O) groups excluding carboxylic acids is 1. The summed E-state index contributed by atoms with van der Waals surface area (Å²) < 4.78 is 0. The lowest BCUT2D eigenvalue weighted by atomic mass is 9.85. The lowest BCUT2D eigenvalue weighted by molar-refractivity contribution is -0.137. The topological polar surface area (TPSA) is 69.6 Å². The molecular formula is C15H28N2O3. The van der Waals surface area contributed by atoms with E-state index in [0.717, 1.165) is 32.4 Å². The first kappa shape index (κ1) is 16.8. The van der Waals surface area contributed by atoms with Crippen LogP contribution in [0.1, 0.15) is 53.4 Å². The first-order chi connectivity index (χ1) is 9.21. The highest BCUT2D eigenvalue weighted by molar-refractivity contribution is 5.76. The molecule has 1 fully saturated rings. The Bertz CT molecular complexity index is 353. The molecule has 1 unspecified atom stereocenters. The van der Waals surface area contributed by atoms with Crippen LogP contribution in [0.3, 0.4) is 0 Å². The van der Waals surface area contributed by atoms with Crippen LogP contribution in [0.4, 0.5) is 4.79 Å². The van der Waals surface area contributed by atoms with Crippen molar-refractivity contribution in [3.63, 3.8) is 0 Å². The van der Waals surface area contributed by atoms with Crippen molar-refractivity contribution >= 4 is 12.0 Å². The predicted octanol–water partition coefficient (Wildman–Crippen LogP) is 2.71. The maximum absolute atomic E-state index is 12.3. The molecule has 5 nitrogen and oxygen atoms in total. The lowest BCUT2D eigenvalue weighted by Crippen LogP contribution is -2.47. The van der Waals surface area contributed by atoms with Crippen LogP contribution in [0.5, 0.6) is 0 Å². The molecule has 1 aliphatic rings. The molecule has 116 valence electrons. The van der Waals surface area contributed by atoms with E-state index in [-0.39, 0.29) is 29.8 Å². The van der Waals surface area contributed by atoms with E-state index in [2.05, 4.69) is 19.2 Å². The van der Waals surface area contributed by atoms with Gasteiger partial charge in [-0.05, 0) is 30.6 Å². The molecule has 0 saturated carbocycles. The maximum atomic E-state index is 12.3. The van der Waals surface area contributed by atoms with Crippen LogP contribution in [0.15, 0.2) is 0 Å². The monoisotopic (exact) mass is 284 g/mol. The summed E-state index contributed by atoms with van der Waals surface area (Å²) in [5.74, 6) is -0.764. The number of aliphatic carboxylic acids is 1. The van der Waals surface area contributed by atoms with Gasteiger partial charge in [0.05, 0.1) is 6.42 Å². The van der Waals surface area contributed by atoms with Crippen LogP contribution >= 0.6 is 0 Å². The number of rotatable bonds is 4. The van der Waals surface area contributed by atoms with Crippen LogP contribution in [-0.2, 0) is 4.79 Å². The molecule has 0 aromatic rings. The molecule has 0 spiro atoms. The molecule has 2 amide bonds. The highest BCUT2D eigenvalue weighted by atomic mass is 16.4. The molecule has 1 aliphatic heterocycles. The van der Waals surface area contributed by atoms with E-state index in [1.54, 1.807) is 0 Å². The first-order valence-electron chi connectivity index (χ1n) is 7.48. The van der Waals surface area contributed by atoms with Gasteiger partial charge in [-0.2, -0.15) is 0 Å². The van der Waals surface area contributed by atoms with Gasteiger partial charge < -0.3 is 15.3 Å². The summed E-state index contributed by atoms with van der Waals surface area (Å²) in [4.78, 5) is 25.0. The molecule has 0 aromatic heterocycles. The SMILES string of the molecule is CC(C)C(CC(=O)O)NC(=O)N1CCCC(C)(C)CC1. The van der Waals surface area contributed by atoms with Gasteiger partial charge in [-0.15, -0.1) is 0 Å². The number of nitrogens with one attached hydrogen (secondary N) is 1. The van der Waals surface area contributed by atoms with E-state index >= 15 is 0 Å². The number of hydrogen-bond donors (Lipinski definition) is 2. The zero-order valence-electron chi connectivity index (χ0n) is 13.1. The summed E-state index contributed by atoms with van der Waals surface area (Å²) in [6.45, 7) is 9.83. The molecule has 1 heterocycles. The van der Waals surface area contributed by atoms with Gasteiger partial charge in [0.2, 0.25) is 0 Å². The molecule has 1 saturated heterocycles. The third-order valence-electron chi connectivity index (χ3n) is 4.14. The predicted molar refractivity (Wildman–Crippen MR) is 78.6 cm³/mol. The van der Waals surface area contributed by atoms with Gasteiger partial charge >= 0.3 is 12.0 Å². The number of carboxylic acids is 1. The molecule has 2 N–H and O–H groups in total.